The van der Waals surface area contributed by atoms with E-state index in [1.807, 2.05) is 0 Å². The average molecular weight is 448 g/mol. The van der Waals surface area contributed by atoms with Gasteiger partial charge in [0.2, 0.25) is 0 Å². The molecule has 0 aromatic heterocycles. The van der Waals surface area contributed by atoms with Crippen LogP contribution in [0.3, 0.4) is 0 Å². The van der Waals surface area contributed by atoms with Crippen molar-refractivity contribution in [1.29, 1.82) is 0 Å². The number of anilines is 1. The second-order valence-electron chi connectivity index (χ2n) is 8.69. The molecule has 0 radical (unpaired) electrons. The summed E-state index contributed by atoms with van der Waals surface area (Å²) in [6.07, 6.45) is 2.00. The Kier molecular flexibility index (Phi) is 4.22. The predicted octanol–water partition coefficient (Wildman–Crippen LogP) is 7.60. The molecule has 140 valence electrons. The van der Waals surface area contributed by atoms with E-state index in [0.29, 0.717) is 0 Å². The van der Waals surface area contributed by atoms with Gasteiger partial charge < -0.3 is 5.32 Å². The number of rotatable bonds is 1. The minimum absolute atomic E-state index is 0.188. The van der Waals surface area contributed by atoms with Gasteiger partial charge in [0.25, 0.3) is 0 Å². The quantitative estimate of drug-likeness (QED) is 0.385. The van der Waals surface area contributed by atoms with Gasteiger partial charge in [-0.05, 0) is 52.5 Å². The van der Waals surface area contributed by atoms with Gasteiger partial charge in [0.05, 0.1) is 5.69 Å². The number of fused-ring (bicyclic) bond motifs is 3. The first-order valence-electron chi connectivity index (χ1n) is 9.73. The van der Waals surface area contributed by atoms with Crippen LogP contribution < -0.4 is 5.32 Å². The van der Waals surface area contributed by atoms with E-state index >= 15 is 0 Å². The molecule has 28 heavy (non-hydrogen) atoms. The summed E-state index contributed by atoms with van der Waals surface area (Å²) in [6, 6.07) is 21.9. The van der Waals surface area contributed by atoms with Crippen LogP contribution in [0.5, 0.6) is 0 Å². The Morgan fingerprint density at radius 1 is 0.964 bits per heavy atom. The molecule has 5 rings (SSSR count). The third-order valence-electron chi connectivity index (χ3n) is 5.96. The molecule has 1 heterocycles. The standard InChI is InChI=1S/C25H22BrNS/c1-25(2)13-20-23(21(28)14-25)22(16-7-10-17(26)11-8-16)19-12-9-15-5-3-4-6-18(15)24(19)27-20/h3-12,22,27H,13-14H2,1-2H3. The van der Waals surface area contributed by atoms with Crippen LogP contribution in [0.1, 0.15) is 43.7 Å². The fourth-order valence-electron chi connectivity index (χ4n) is 4.76. The molecule has 1 atom stereocenters. The first-order chi connectivity index (χ1) is 13.4. The molecular weight excluding hydrogens is 426 g/mol. The van der Waals surface area contributed by atoms with E-state index in [-0.39, 0.29) is 11.3 Å². The van der Waals surface area contributed by atoms with Crippen LogP contribution in [0.4, 0.5) is 5.69 Å². The molecule has 3 aromatic carbocycles. The lowest BCUT2D eigenvalue weighted by molar-refractivity contribution is 0.371. The van der Waals surface area contributed by atoms with Crippen molar-refractivity contribution in [2.45, 2.75) is 32.6 Å². The number of nitrogens with one attached hydrogen (secondary N) is 1. The molecule has 0 spiro atoms. The van der Waals surface area contributed by atoms with Gasteiger partial charge in [0, 0.05) is 26.3 Å². The first kappa shape index (κ1) is 18.1. The monoisotopic (exact) mass is 447 g/mol. The molecule has 3 heteroatoms. The van der Waals surface area contributed by atoms with Gasteiger partial charge in [-0.1, -0.05) is 90.5 Å². The van der Waals surface area contributed by atoms with Crippen LogP contribution in [0.2, 0.25) is 0 Å². The summed E-state index contributed by atoms with van der Waals surface area (Å²) in [4.78, 5) is 1.10. The van der Waals surface area contributed by atoms with E-state index < -0.39 is 0 Å². The van der Waals surface area contributed by atoms with Crippen molar-refractivity contribution < 1.29 is 0 Å². The smallest absolute Gasteiger partial charge is 0.0503 e. The highest BCUT2D eigenvalue weighted by Crippen LogP contribution is 2.50. The molecule has 0 amide bonds. The van der Waals surface area contributed by atoms with Crippen molar-refractivity contribution in [3.63, 3.8) is 0 Å². The summed E-state index contributed by atoms with van der Waals surface area (Å²) < 4.78 is 1.10. The third-order valence-corrected chi connectivity index (χ3v) is 6.85. The lowest BCUT2D eigenvalue weighted by Gasteiger charge is -2.41. The van der Waals surface area contributed by atoms with Gasteiger partial charge in [-0.2, -0.15) is 0 Å². The lowest BCUT2D eigenvalue weighted by Crippen LogP contribution is -2.33. The topological polar surface area (TPSA) is 12.0 Å². The zero-order valence-electron chi connectivity index (χ0n) is 16.1. The van der Waals surface area contributed by atoms with Gasteiger partial charge in [0.15, 0.2) is 0 Å². The molecule has 0 fully saturated rings. The highest BCUT2D eigenvalue weighted by molar-refractivity contribution is 9.10. The molecule has 0 bridgehead atoms. The van der Waals surface area contributed by atoms with Crippen LogP contribution in [-0.4, -0.2) is 4.86 Å². The average Bonchev–Trinajstić information content (AvgIpc) is 2.66. The van der Waals surface area contributed by atoms with Gasteiger partial charge in [0.1, 0.15) is 0 Å². The number of allylic oxidation sites excluding steroid dienone is 2. The van der Waals surface area contributed by atoms with Crippen molar-refractivity contribution in [2.24, 2.45) is 5.41 Å². The van der Waals surface area contributed by atoms with Crippen molar-refractivity contribution in [1.82, 2.24) is 0 Å². The van der Waals surface area contributed by atoms with Gasteiger partial charge in [-0.25, -0.2) is 0 Å². The Hall–Kier alpha value is -1.97. The summed E-state index contributed by atoms with van der Waals surface area (Å²) in [7, 11) is 0. The van der Waals surface area contributed by atoms with Crippen LogP contribution >= 0.6 is 28.1 Å². The van der Waals surface area contributed by atoms with Crippen LogP contribution in [0.25, 0.3) is 10.8 Å². The summed E-state index contributed by atoms with van der Waals surface area (Å²) in [5, 5.41) is 6.37. The lowest BCUT2D eigenvalue weighted by atomic mass is 9.69. The minimum atomic E-state index is 0.188. The second-order valence-corrected chi connectivity index (χ2v) is 10.1. The molecule has 2 aliphatic rings. The molecule has 1 N–H and O–H groups in total. The van der Waals surface area contributed by atoms with E-state index in [1.54, 1.807) is 0 Å². The van der Waals surface area contributed by atoms with E-state index in [2.05, 4.69) is 95.8 Å². The van der Waals surface area contributed by atoms with Crippen LogP contribution in [0, 0.1) is 5.41 Å². The molecule has 1 aliphatic carbocycles. The van der Waals surface area contributed by atoms with Gasteiger partial charge in [-0.15, -0.1) is 0 Å². The van der Waals surface area contributed by atoms with E-state index in [4.69, 9.17) is 12.2 Å². The highest BCUT2D eigenvalue weighted by atomic mass is 79.9. The Morgan fingerprint density at radius 3 is 2.50 bits per heavy atom. The molecule has 0 saturated carbocycles. The summed E-state index contributed by atoms with van der Waals surface area (Å²) in [6.45, 7) is 4.63. The van der Waals surface area contributed by atoms with E-state index in [9.17, 15) is 0 Å². The Bertz CT molecular complexity index is 1140. The molecule has 3 aromatic rings. The largest absolute Gasteiger partial charge is 0.358 e. The summed E-state index contributed by atoms with van der Waals surface area (Å²) in [5.41, 5.74) is 6.68. The number of benzene rings is 3. The van der Waals surface area contributed by atoms with E-state index in [1.165, 1.54) is 38.9 Å². The first-order valence-corrected chi connectivity index (χ1v) is 10.9. The summed E-state index contributed by atoms with van der Waals surface area (Å²) >= 11 is 9.55. The molecule has 1 aliphatic heterocycles. The summed E-state index contributed by atoms with van der Waals surface area (Å²) in [5.74, 6) is 0.188. The van der Waals surface area contributed by atoms with Crippen molar-refractivity contribution in [3.05, 3.63) is 87.5 Å². The van der Waals surface area contributed by atoms with Crippen molar-refractivity contribution >= 4 is 49.5 Å². The number of thiocarbonyl (C=S) groups is 1. The highest BCUT2D eigenvalue weighted by Gasteiger charge is 2.39. The number of hydrogen-bond acceptors (Lipinski definition) is 2. The molecular formula is C25H22BrNS. The molecule has 1 unspecified atom stereocenters. The van der Waals surface area contributed by atoms with Crippen molar-refractivity contribution in [3.8, 4) is 0 Å². The van der Waals surface area contributed by atoms with E-state index in [0.717, 1.165) is 22.2 Å². The molecule has 0 saturated heterocycles. The zero-order chi connectivity index (χ0) is 19.5. The Labute approximate surface area is 180 Å². The van der Waals surface area contributed by atoms with Crippen molar-refractivity contribution in [2.75, 3.05) is 5.32 Å². The Morgan fingerprint density at radius 2 is 1.71 bits per heavy atom. The number of halogens is 1. The predicted molar refractivity (Wildman–Crippen MR) is 126 cm³/mol. The van der Waals surface area contributed by atoms with Crippen LogP contribution in [0.15, 0.2) is 76.4 Å². The Balaban J connectivity index is 1.79. The normalized spacial score (nSPS) is 20.5. The number of hydrogen-bond donors (Lipinski definition) is 1. The van der Waals surface area contributed by atoms with Gasteiger partial charge in [-0.3, -0.25) is 0 Å². The maximum Gasteiger partial charge on any atom is 0.0503 e. The second kappa shape index (κ2) is 6.53. The zero-order valence-corrected chi connectivity index (χ0v) is 18.5. The fourth-order valence-corrected chi connectivity index (χ4v) is 5.65. The fraction of sp³-hybridized carbons (Fsp3) is 0.240. The van der Waals surface area contributed by atoms with Crippen LogP contribution in [-0.2, 0) is 0 Å². The third kappa shape index (κ3) is 2.92. The SMILES string of the molecule is CC1(C)CC(=S)C2=C(C1)Nc1c(ccc3ccccc13)C2c1ccc(Br)cc1. The maximum absolute atomic E-state index is 5.97. The van der Waals surface area contributed by atoms with Gasteiger partial charge >= 0.3 is 0 Å². The minimum Gasteiger partial charge on any atom is -0.358 e. The maximum atomic E-state index is 5.97. The molecule has 1 nitrogen and oxygen atoms in total.